The molecule has 1 aliphatic heterocycles. The van der Waals surface area contributed by atoms with Gasteiger partial charge in [0.15, 0.2) is 0 Å². The molecule has 0 spiro atoms. The van der Waals surface area contributed by atoms with Gasteiger partial charge in [0.25, 0.3) is 5.91 Å². The number of amides is 1. The first-order chi connectivity index (χ1) is 10.1. The number of carbonyl (C=O) groups excluding carboxylic acids is 1. The molecule has 2 heterocycles. The standard InChI is InChI=1S/C17H27N3O/c1-4-6-14-7-9-20(12-14)17(21)15-10-13(3)19-16(11-15)18-8-5-2/h10-11,14H,4-9,12H2,1-3H3,(H,18,19). The van der Waals surface area contributed by atoms with Crippen molar-refractivity contribution in [3.05, 3.63) is 23.4 Å². The maximum atomic E-state index is 12.6. The number of aromatic nitrogens is 1. The Balaban J connectivity index is 2.06. The van der Waals surface area contributed by atoms with E-state index in [1.54, 1.807) is 0 Å². The number of aryl methyl sites for hydroxylation is 1. The van der Waals surface area contributed by atoms with Gasteiger partial charge in [0.1, 0.15) is 5.82 Å². The Morgan fingerprint density at radius 3 is 2.90 bits per heavy atom. The quantitative estimate of drug-likeness (QED) is 0.872. The third-order valence-electron chi connectivity index (χ3n) is 4.03. The molecule has 2 rings (SSSR count). The molecule has 21 heavy (non-hydrogen) atoms. The number of nitrogens with one attached hydrogen (secondary N) is 1. The van der Waals surface area contributed by atoms with E-state index in [0.717, 1.165) is 49.6 Å². The normalized spacial score (nSPS) is 18.0. The van der Waals surface area contributed by atoms with Crippen molar-refractivity contribution >= 4 is 11.7 Å². The smallest absolute Gasteiger partial charge is 0.254 e. The Hall–Kier alpha value is -1.58. The first-order valence-electron chi connectivity index (χ1n) is 8.15. The SMILES string of the molecule is CCCNc1cc(C(=O)N2CCC(CCC)C2)cc(C)n1. The Morgan fingerprint density at radius 1 is 1.38 bits per heavy atom. The van der Waals surface area contributed by atoms with Gasteiger partial charge in [-0.25, -0.2) is 4.98 Å². The number of likely N-dealkylation sites (tertiary alicyclic amines) is 1. The largest absolute Gasteiger partial charge is 0.370 e. The fraction of sp³-hybridized carbons (Fsp3) is 0.647. The molecule has 1 amide bonds. The van der Waals surface area contributed by atoms with Crippen LogP contribution in [0.1, 0.15) is 55.6 Å². The van der Waals surface area contributed by atoms with E-state index in [1.807, 2.05) is 24.0 Å². The van der Waals surface area contributed by atoms with Gasteiger partial charge < -0.3 is 10.2 Å². The van der Waals surface area contributed by atoms with Gasteiger partial charge in [-0.15, -0.1) is 0 Å². The van der Waals surface area contributed by atoms with Gasteiger partial charge in [0, 0.05) is 30.9 Å². The van der Waals surface area contributed by atoms with Crippen molar-refractivity contribution in [2.45, 2.75) is 46.5 Å². The molecule has 1 unspecified atom stereocenters. The van der Waals surface area contributed by atoms with E-state index in [4.69, 9.17) is 0 Å². The number of anilines is 1. The van der Waals surface area contributed by atoms with Gasteiger partial charge in [0.05, 0.1) is 0 Å². The monoisotopic (exact) mass is 289 g/mol. The average molecular weight is 289 g/mol. The summed E-state index contributed by atoms with van der Waals surface area (Å²) in [5, 5.41) is 3.27. The van der Waals surface area contributed by atoms with Crippen LogP contribution in [-0.4, -0.2) is 35.4 Å². The minimum atomic E-state index is 0.152. The van der Waals surface area contributed by atoms with Gasteiger partial charge >= 0.3 is 0 Å². The van der Waals surface area contributed by atoms with Gasteiger partial charge in [-0.1, -0.05) is 20.3 Å². The molecule has 0 aliphatic carbocycles. The van der Waals surface area contributed by atoms with Crippen molar-refractivity contribution in [1.29, 1.82) is 0 Å². The number of hydrogen-bond donors (Lipinski definition) is 1. The maximum Gasteiger partial charge on any atom is 0.254 e. The van der Waals surface area contributed by atoms with E-state index in [0.29, 0.717) is 5.92 Å². The van der Waals surface area contributed by atoms with E-state index in [1.165, 1.54) is 12.8 Å². The van der Waals surface area contributed by atoms with Crippen LogP contribution < -0.4 is 5.32 Å². The van der Waals surface area contributed by atoms with Crippen LogP contribution in [0.15, 0.2) is 12.1 Å². The van der Waals surface area contributed by atoms with E-state index < -0.39 is 0 Å². The van der Waals surface area contributed by atoms with Gasteiger partial charge in [-0.3, -0.25) is 4.79 Å². The summed E-state index contributed by atoms with van der Waals surface area (Å²) in [6, 6.07) is 3.78. The number of carbonyl (C=O) groups is 1. The fourth-order valence-electron chi connectivity index (χ4n) is 2.98. The molecule has 0 aromatic carbocycles. The van der Waals surface area contributed by atoms with Crippen molar-refractivity contribution < 1.29 is 4.79 Å². The van der Waals surface area contributed by atoms with Crippen LogP contribution in [0.5, 0.6) is 0 Å². The van der Waals surface area contributed by atoms with Crippen molar-refractivity contribution in [2.75, 3.05) is 25.0 Å². The molecule has 1 aliphatic rings. The molecule has 0 radical (unpaired) electrons. The van der Waals surface area contributed by atoms with E-state index in [9.17, 15) is 4.79 Å². The molecule has 1 aromatic heterocycles. The summed E-state index contributed by atoms with van der Waals surface area (Å²) in [6.45, 7) is 8.95. The lowest BCUT2D eigenvalue weighted by molar-refractivity contribution is 0.0786. The van der Waals surface area contributed by atoms with Crippen LogP contribution in [0, 0.1) is 12.8 Å². The molecule has 0 bridgehead atoms. The molecule has 1 aromatic rings. The summed E-state index contributed by atoms with van der Waals surface area (Å²) in [6.07, 6.45) is 4.61. The summed E-state index contributed by atoms with van der Waals surface area (Å²) in [5.41, 5.74) is 1.65. The van der Waals surface area contributed by atoms with Crippen LogP contribution in [-0.2, 0) is 0 Å². The van der Waals surface area contributed by atoms with Gasteiger partial charge in [-0.05, 0) is 44.2 Å². The fourth-order valence-corrected chi connectivity index (χ4v) is 2.98. The summed E-state index contributed by atoms with van der Waals surface area (Å²) in [4.78, 5) is 19.1. The lowest BCUT2D eigenvalue weighted by Gasteiger charge is -2.17. The molecule has 1 N–H and O–H groups in total. The van der Waals surface area contributed by atoms with Crippen molar-refractivity contribution in [1.82, 2.24) is 9.88 Å². The third kappa shape index (κ3) is 4.19. The number of nitrogens with zero attached hydrogens (tertiary/aromatic N) is 2. The second-order valence-electron chi connectivity index (χ2n) is 6.00. The van der Waals surface area contributed by atoms with Crippen LogP contribution >= 0.6 is 0 Å². The van der Waals surface area contributed by atoms with E-state index >= 15 is 0 Å². The highest BCUT2D eigenvalue weighted by Gasteiger charge is 2.26. The number of pyridine rings is 1. The van der Waals surface area contributed by atoms with Crippen molar-refractivity contribution in [3.8, 4) is 0 Å². The predicted molar refractivity (Wildman–Crippen MR) is 86.7 cm³/mol. The minimum Gasteiger partial charge on any atom is -0.370 e. The van der Waals surface area contributed by atoms with Crippen LogP contribution in [0.3, 0.4) is 0 Å². The first-order valence-corrected chi connectivity index (χ1v) is 8.15. The molecule has 116 valence electrons. The molecule has 4 heteroatoms. The topological polar surface area (TPSA) is 45.2 Å². The highest BCUT2D eigenvalue weighted by Crippen LogP contribution is 2.23. The Morgan fingerprint density at radius 2 is 2.19 bits per heavy atom. The van der Waals surface area contributed by atoms with Gasteiger partial charge in [-0.2, -0.15) is 0 Å². The second kappa shape index (κ2) is 7.43. The summed E-state index contributed by atoms with van der Waals surface area (Å²) in [7, 11) is 0. The molecule has 1 saturated heterocycles. The molecule has 0 saturated carbocycles. The number of hydrogen-bond acceptors (Lipinski definition) is 3. The second-order valence-corrected chi connectivity index (χ2v) is 6.00. The highest BCUT2D eigenvalue weighted by atomic mass is 16.2. The summed E-state index contributed by atoms with van der Waals surface area (Å²) in [5.74, 6) is 1.64. The lowest BCUT2D eigenvalue weighted by Crippen LogP contribution is -2.29. The average Bonchev–Trinajstić information content (AvgIpc) is 2.93. The first kappa shape index (κ1) is 15.8. The number of rotatable bonds is 6. The minimum absolute atomic E-state index is 0.152. The zero-order chi connectivity index (χ0) is 15.2. The van der Waals surface area contributed by atoms with Crippen LogP contribution in [0.25, 0.3) is 0 Å². The Kier molecular flexibility index (Phi) is 5.59. The maximum absolute atomic E-state index is 12.6. The predicted octanol–water partition coefficient (Wildman–Crippen LogP) is 3.47. The molecular weight excluding hydrogens is 262 g/mol. The van der Waals surface area contributed by atoms with Crippen molar-refractivity contribution in [2.24, 2.45) is 5.92 Å². The summed E-state index contributed by atoms with van der Waals surface area (Å²) < 4.78 is 0. The molecule has 4 nitrogen and oxygen atoms in total. The molecule has 1 atom stereocenters. The molecular formula is C17H27N3O. The van der Waals surface area contributed by atoms with Crippen LogP contribution in [0.2, 0.25) is 0 Å². The van der Waals surface area contributed by atoms with Crippen molar-refractivity contribution in [3.63, 3.8) is 0 Å². The highest BCUT2D eigenvalue weighted by molar-refractivity contribution is 5.95. The van der Waals surface area contributed by atoms with Crippen LogP contribution in [0.4, 0.5) is 5.82 Å². The lowest BCUT2D eigenvalue weighted by atomic mass is 10.0. The Labute approximate surface area is 127 Å². The third-order valence-corrected chi connectivity index (χ3v) is 4.03. The molecule has 1 fully saturated rings. The zero-order valence-corrected chi connectivity index (χ0v) is 13.5. The zero-order valence-electron chi connectivity index (χ0n) is 13.5. The Bertz CT molecular complexity index is 487. The van der Waals surface area contributed by atoms with Gasteiger partial charge in [0.2, 0.25) is 0 Å². The summed E-state index contributed by atoms with van der Waals surface area (Å²) >= 11 is 0. The van der Waals surface area contributed by atoms with E-state index in [2.05, 4.69) is 24.1 Å². The van der Waals surface area contributed by atoms with E-state index in [-0.39, 0.29) is 5.91 Å².